The van der Waals surface area contributed by atoms with E-state index in [2.05, 4.69) is 25.5 Å². The molecular formula is C17H18N6O2S. The zero-order valence-electron chi connectivity index (χ0n) is 16.1. The Bertz CT molecular complexity index is 1020. The standard InChI is InChI=1S/C17H18N6O2S/c1-11-21-22-17(26-11)14-6-12-7-15(19-9-13(12)8-18-14)20-16(24)10-23-2-4-25-5-3-23/h6-9H,2-5,10H2,1H3,(H,19,20,24)/i10D2. The van der Waals surface area contributed by atoms with E-state index in [1.807, 2.05) is 13.0 Å². The van der Waals surface area contributed by atoms with Crippen molar-refractivity contribution in [2.45, 2.75) is 6.92 Å². The number of morpholine rings is 1. The van der Waals surface area contributed by atoms with Crippen molar-refractivity contribution in [3.05, 3.63) is 29.5 Å². The van der Waals surface area contributed by atoms with Gasteiger partial charge in [0.1, 0.15) is 16.5 Å². The van der Waals surface area contributed by atoms with Gasteiger partial charge in [0.05, 0.1) is 22.5 Å². The van der Waals surface area contributed by atoms with Crippen molar-refractivity contribution in [2.24, 2.45) is 0 Å². The van der Waals surface area contributed by atoms with Crippen LogP contribution in [0, 0.1) is 6.92 Å². The normalized spacial score (nSPS) is 17.0. The van der Waals surface area contributed by atoms with Crippen LogP contribution < -0.4 is 5.32 Å². The lowest BCUT2D eigenvalue weighted by Crippen LogP contribution is -2.41. The monoisotopic (exact) mass is 372 g/mol. The summed E-state index contributed by atoms with van der Waals surface area (Å²) in [7, 11) is 0. The third kappa shape index (κ3) is 3.85. The van der Waals surface area contributed by atoms with E-state index in [-0.39, 0.29) is 5.82 Å². The van der Waals surface area contributed by atoms with E-state index >= 15 is 0 Å². The molecule has 1 amide bonds. The minimum absolute atomic E-state index is 0.278. The van der Waals surface area contributed by atoms with E-state index in [9.17, 15) is 4.79 Å². The minimum Gasteiger partial charge on any atom is -0.379 e. The number of anilines is 1. The van der Waals surface area contributed by atoms with Crippen LogP contribution in [-0.4, -0.2) is 63.8 Å². The molecule has 4 heterocycles. The molecule has 0 bridgehead atoms. The fourth-order valence-corrected chi connectivity index (χ4v) is 3.25. The lowest BCUT2D eigenvalue weighted by molar-refractivity contribution is -0.118. The zero-order chi connectivity index (χ0) is 19.7. The van der Waals surface area contributed by atoms with Crippen molar-refractivity contribution in [3.8, 4) is 10.7 Å². The van der Waals surface area contributed by atoms with Gasteiger partial charge < -0.3 is 10.1 Å². The minimum atomic E-state index is -2.14. The summed E-state index contributed by atoms with van der Waals surface area (Å²) in [6, 6.07) is 3.55. The fraction of sp³-hybridized carbons (Fsp3) is 0.353. The molecule has 0 radical (unpaired) electrons. The Balaban J connectivity index is 1.57. The highest BCUT2D eigenvalue weighted by atomic mass is 32.1. The molecule has 9 heteroatoms. The van der Waals surface area contributed by atoms with Crippen molar-refractivity contribution in [1.29, 1.82) is 0 Å². The Hall–Kier alpha value is -2.49. The third-order valence-electron chi connectivity index (χ3n) is 3.86. The van der Waals surface area contributed by atoms with Crippen molar-refractivity contribution >= 4 is 33.8 Å². The average molecular weight is 372 g/mol. The number of fused-ring (bicyclic) bond motifs is 1. The maximum atomic E-state index is 12.5. The first-order valence-electron chi connectivity index (χ1n) is 9.14. The second kappa shape index (κ2) is 7.40. The summed E-state index contributed by atoms with van der Waals surface area (Å²) in [5.41, 5.74) is 0.685. The molecule has 0 unspecified atom stereocenters. The number of amides is 1. The molecule has 0 atom stereocenters. The molecule has 134 valence electrons. The Morgan fingerprint density at radius 1 is 1.27 bits per heavy atom. The largest absolute Gasteiger partial charge is 0.379 e. The number of nitrogens with zero attached hydrogens (tertiary/aromatic N) is 5. The summed E-state index contributed by atoms with van der Waals surface area (Å²) < 4.78 is 21.5. The summed E-state index contributed by atoms with van der Waals surface area (Å²) in [6.07, 6.45) is 3.28. The first kappa shape index (κ1) is 14.7. The number of carbonyl (C=O) groups excluding carboxylic acids is 1. The smallest absolute Gasteiger partial charge is 0.239 e. The van der Waals surface area contributed by atoms with Gasteiger partial charge in [-0.3, -0.25) is 14.7 Å². The number of carbonyl (C=O) groups is 1. The van der Waals surface area contributed by atoms with E-state index in [4.69, 9.17) is 7.48 Å². The van der Waals surface area contributed by atoms with Crippen LogP contribution in [0.4, 0.5) is 5.82 Å². The highest BCUT2D eigenvalue weighted by Gasteiger charge is 2.15. The summed E-state index contributed by atoms with van der Waals surface area (Å²) >= 11 is 1.45. The van der Waals surface area contributed by atoms with Crippen LogP contribution in [-0.2, 0) is 9.53 Å². The number of rotatable bonds is 4. The second-order valence-electron chi connectivity index (χ2n) is 5.78. The third-order valence-corrected chi connectivity index (χ3v) is 4.72. The van der Waals surface area contributed by atoms with Gasteiger partial charge in [0, 0.05) is 30.9 Å². The van der Waals surface area contributed by atoms with Gasteiger partial charge >= 0.3 is 0 Å². The number of pyridine rings is 2. The first-order chi connectivity index (χ1) is 13.4. The van der Waals surface area contributed by atoms with Crippen molar-refractivity contribution in [3.63, 3.8) is 0 Å². The predicted molar refractivity (Wildman–Crippen MR) is 99.1 cm³/mol. The van der Waals surface area contributed by atoms with Crippen LogP contribution in [0.2, 0.25) is 0 Å². The highest BCUT2D eigenvalue weighted by molar-refractivity contribution is 7.14. The van der Waals surface area contributed by atoms with Gasteiger partial charge in [-0.25, -0.2) is 4.98 Å². The van der Waals surface area contributed by atoms with Crippen molar-refractivity contribution in [2.75, 3.05) is 38.1 Å². The number of hydrogen-bond donors (Lipinski definition) is 1. The topological polar surface area (TPSA) is 93.1 Å². The predicted octanol–water partition coefficient (Wildman–Crippen LogP) is 1.73. The molecule has 0 aliphatic carbocycles. The van der Waals surface area contributed by atoms with E-state index in [1.165, 1.54) is 16.2 Å². The van der Waals surface area contributed by atoms with Crippen LogP contribution in [0.1, 0.15) is 7.75 Å². The molecule has 1 N–H and O–H groups in total. The Labute approximate surface area is 157 Å². The van der Waals surface area contributed by atoms with Gasteiger partial charge in [0.25, 0.3) is 0 Å². The second-order valence-corrected chi connectivity index (χ2v) is 6.96. The van der Waals surface area contributed by atoms with E-state index in [0.29, 0.717) is 37.0 Å². The maximum absolute atomic E-state index is 12.5. The Morgan fingerprint density at radius 2 is 2.08 bits per heavy atom. The molecule has 1 fully saturated rings. The molecule has 4 rings (SSSR count). The van der Waals surface area contributed by atoms with Gasteiger partial charge in [-0.05, 0) is 24.4 Å². The fourth-order valence-electron chi connectivity index (χ4n) is 2.59. The number of nitrogens with one attached hydrogen (secondary N) is 1. The molecule has 3 aromatic rings. The highest BCUT2D eigenvalue weighted by Crippen LogP contribution is 2.25. The first-order valence-corrected chi connectivity index (χ1v) is 8.96. The van der Waals surface area contributed by atoms with Crippen LogP contribution in [0.25, 0.3) is 21.5 Å². The zero-order valence-corrected chi connectivity index (χ0v) is 14.9. The molecule has 26 heavy (non-hydrogen) atoms. The maximum Gasteiger partial charge on any atom is 0.239 e. The molecule has 1 saturated heterocycles. The number of aromatic nitrogens is 4. The van der Waals surface area contributed by atoms with E-state index in [1.54, 1.807) is 18.5 Å². The molecular weight excluding hydrogens is 352 g/mol. The van der Waals surface area contributed by atoms with Gasteiger partial charge in [-0.2, -0.15) is 0 Å². The van der Waals surface area contributed by atoms with Crippen LogP contribution in [0.5, 0.6) is 0 Å². The lowest BCUT2D eigenvalue weighted by atomic mass is 10.2. The summed E-state index contributed by atoms with van der Waals surface area (Å²) in [4.78, 5) is 22.6. The van der Waals surface area contributed by atoms with Crippen LogP contribution in [0.3, 0.4) is 0 Å². The lowest BCUT2D eigenvalue weighted by Gasteiger charge is -2.25. The molecule has 1 aliphatic rings. The SMILES string of the molecule is [2H]C([2H])(C(=O)Nc1cc2cc(-c3nnc(C)s3)ncc2cn1)N1CCOCC1. The van der Waals surface area contributed by atoms with E-state index in [0.717, 1.165) is 15.8 Å². The molecule has 0 spiro atoms. The number of ether oxygens (including phenoxy) is 1. The number of aryl methyl sites for hydroxylation is 1. The quantitative estimate of drug-likeness (QED) is 0.745. The number of hydrogen-bond acceptors (Lipinski definition) is 8. The summed E-state index contributed by atoms with van der Waals surface area (Å²) in [6.45, 7) is 1.27. The molecule has 3 aromatic heterocycles. The molecule has 0 aromatic carbocycles. The van der Waals surface area contributed by atoms with Crippen LogP contribution in [0.15, 0.2) is 24.5 Å². The average Bonchev–Trinajstić information content (AvgIpc) is 3.14. The molecule has 8 nitrogen and oxygen atoms in total. The van der Waals surface area contributed by atoms with Crippen molar-refractivity contribution in [1.82, 2.24) is 25.1 Å². The molecule has 0 saturated carbocycles. The summed E-state index contributed by atoms with van der Waals surface area (Å²) in [5, 5.41) is 13.9. The van der Waals surface area contributed by atoms with Crippen LogP contribution >= 0.6 is 11.3 Å². The van der Waals surface area contributed by atoms with Gasteiger partial charge in [0.2, 0.25) is 5.91 Å². The molecule has 1 aliphatic heterocycles. The Morgan fingerprint density at radius 3 is 2.85 bits per heavy atom. The van der Waals surface area contributed by atoms with Crippen molar-refractivity contribution < 1.29 is 12.3 Å². The Kier molecular flexibility index (Phi) is 4.17. The van der Waals surface area contributed by atoms with Gasteiger partial charge in [-0.1, -0.05) is 11.3 Å². The van der Waals surface area contributed by atoms with Gasteiger partial charge in [-0.15, -0.1) is 10.2 Å². The van der Waals surface area contributed by atoms with Gasteiger partial charge in [0.15, 0.2) is 5.01 Å². The summed E-state index contributed by atoms with van der Waals surface area (Å²) in [5.74, 6) is -0.476. The van der Waals surface area contributed by atoms with E-state index < -0.39 is 12.4 Å².